The Balaban J connectivity index is 1.57. The molecule has 1 aliphatic rings. The number of nitrogens with zero attached hydrogens (tertiary/aromatic N) is 2. The largest absolute Gasteiger partial charge is 0.445 e. The van der Waals surface area contributed by atoms with Crippen molar-refractivity contribution < 1.29 is 9.53 Å². The summed E-state index contributed by atoms with van der Waals surface area (Å²) < 4.78 is 6.17. The third-order valence-electron chi connectivity index (χ3n) is 2.89. The van der Waals surface area contributed by atoms with E-state index < -0.39 is 0 Å². The minimum atomic E-state index is -0.287. The molecule has 0 bridgehead atoms. The molecule has 4 nitrogen and oxygen atoms in total. The number of ether oxygens (including phenoxy) is 1. The lowest BCUT2D eigenvalue weighted by Crippen LogP contribution is -2.26. The molecule has 2 heterocycles. The van der Waals surface area contributed by atoms with Crippen molar-refractivity contribution in [3.05, 3.63) is 50.4 Å². The van der Waals surface area contributed by atoms with Gasteiger partial charge in [0.05, 0.1) is 23.7 Å². The number of benzene rings is 1. The molecule has 19 heavy (non-hydrogen) atoms. The van der Waals surface area contributed by atoms with Gasteiger partial charge in [0.1, 0.15) is 6.61 Å². The quantitative estimate of drug-likeness (QED) is 0.840. The maximum absolute atomic E-state index is 11.9. The van der Waals surface area contributed by atoms with E-state index in [0.717, 1.165) is 20.1 Å². The first-order chi connectivity index (χ1) is 9.22. The Hall–Kier alpha value is -1.40. The van der Waals surface area contributed by atoms with E-state index in [1.54, 1.807) is 16.2 Å². The lowest BCUT2D eigenvalue weighted by atomic mass is 10.2. The summed E-state index contributed by atoms with van der Waals surface area (Å²) in [5, 5.41) is 0. The van der Waals surface area contributed by atoms with Gasteiger partial charge >= 0.3 is 6.09 Å². The monoisotopic (exact) mass is 338 g/mol. The van der Waals surface area contributed by atoms with Gasteiger partial charge in [-0.25, -0.2) is 9.78 Å². The molecule has 3 rings (SSSR count). The highest BCUT2D eigenvalue weighted by molar-refractivity contribution is 9.11. The fraction of sp³-hybridized carbons (Fsp3) is 0.231. The van der Waals surface area contributed by atoms with Crippen LogP contribution in [0.15, 0.2) is 34.2 Å². The summed E-state index contributed by atoms with van der Waals surface area (Å²) in [6.07, 6.45) is -0.287. The first kappa shape index (κ1) is 12.6. The molecule has 0 aliphatic carbocycles. The zero-order valence-corrected chi connectivity index (χ0v) is 12.4. The molecular weight excluding hydrogens is 328 g/mol. The number of fused-ring (bicyclic) bond motifs is 1. The van der Waals surface area contributed by atoms with Crippen LogP contribution >= 0.6 is 27.3 Å². The number of carbonyl (C=O) groups is 1. The van der Waals surface area contributed by atoms with E-state index in [0.29, 0.717) is 19.7 Å². The minimum Gasteiger partial charge on any atom is -0.445 e. The molecule has 0 atom stereocenters. The predicted octanol–water partition coefficient (Wildman–Crippen LogP) is 3.56. The SMILES string of the molecule is O=C(OCc1ccccc1)N1Cc2nc(Br)sc2C1. The summed E-state index contributed by atoms with van der Waals surface area (Å²) in [6, 6.07) is 9.67. The minimum absolute atomic E-state index is 0.287. The van der Waals surface area contributed by atoms with Crippen LogP contribution in [0.4, 0.5) is 4.79 Å². The third-order valence-corrected chi connectivity index (χ3v) is 4.42. The smallest absolute Gasteiger partial charge is 0.410 e. The maximum Gasteiger partial charge on any atom is 0.410 e. The maximum atomic E-state index is 11.9. The Bertz CT molecular complexity index is 576. The van der Waals surface area contributed by atoms with E-state index in [2.05, 4.69) is 20.9 Å². The van der Waals surface area contributed by atoms with Crippen LogP contribution < -0.4 is 0 Å². The molecule has 0 unspecified atom stereocenters. The first-order valence-corrected chi connectivity index (χ1v) is 7.43. The van der Waals surface area contributed by atoms with Gasteiger partial charge in [-0.2, -0.15) is 0 Å². The molecule has 0 spiro atoms. The lowest BCUT2D eigenvalue weighted by Gasteiger charge is -2.15. The zero-order chi connectivity index (χ0) is 13.2. The highest BCUT2D eigenvalue weighted by Gasteiger charge is 2.27. The average molecular weight is 339 g/mol. The molecular formula is C13H11BrN2O2S. The van der Waals surface area contributed by atoms with Crippen LogP contribution in [0.5, 0.6) is 0 Å². The van der Waals surface area contributed by atoms with Crippen LogP contribution in [-0.4, -0.2) is 16.0 Å². The molecule has 1 aromatic heterocycles. The second-order valence-electron chi connectivity index (χ2n) is 4.23. The van der Waals surface area contributed by atoms with Crippen LogP contribution in [0.1, 0.15) is 16.1 Å². The lowest BCUT2D eigenvalue weighted by molar-refractivity contribution is 0.0954. The van der Waals surface area contributed by atoms with Crippen molar-refractivity contribution in [1.29, 1.82) is 0 Å². The predicted molar refractivity (Wildman–Crippen MR) is 75.7 cm³/mol. The van der Waals surface area contributed by atoms with Crippen molar-refractivity contribution in [3.63, 3.8) is 0 Å². The number of amides is 1. The number of thiazole rings is 1. The van der Waals surface area contributed by atoms with Gasteiger partial charge in [0.2, 0.25) is 0 Å². The molecule has 0 saturated carbocycles. The highest BCUT2D eigenvalue weighted by atomic mass is 79.9. The van der Waals surface area contributed by atoms with Crippen molar-refractivity contribution >= 4 is 33.4 Å². The van der Waals surface area contributed by atoms with Crippen molar-refractivity contribution in [1.82, 2.24) is 9.88 Å². The average Bonchev–Trinajstić information content (AvgIpc) is 2.94. The van der Waals surface area contributed by atoms with Crippen LogP contribution in [0, 0.1) is 0 Å². The van der Waals surface area contributed by atoms with Gasteiger partial charge in [0, 0.05) is 0 Å². The second kappa shape index (κ2) is 5.30. The molecule has 6 heteroatoms. The summed E-state index contributed by atoms with van der Waals surface area (Å²) in [7, 11) is 0. The molecule has 1 aliphatic heterocycles. The van der Waals surface area contributed by atoms with Gasteiger partial charge in [0.25, 0.3) is 0 Å². The first-order valence-electron chi connectivity index (χ1n) is 5.82. The van der Waals surface area contributed by atoms with Crippen LogP contribution in [0.2, 0.25) is 0 Å². The fourth-order valence-corrected chi connectivity index (χ4v) is 3.56. The van der Waals surface area contributed by atoms with Gasteiger partial charge < -0.3 is 4.74 Å². The molecule has 0 N–H and O–H groups in total. The number of hydrogen-bond donors (Lipinski definition) is 0. The number of hydrogen-bond acceptors (Lipinski definition) is 4. The third kappa shape index (κ3) is 2.79. The molecule has 1 amide bonds. The number of halogens is 1. The van der Waals surface area contributed by atoms with Gasteiger partial charge in [-0.3, -0.25) is 4.90 Å². The topological polar surface area (TPSA) is 42.4 Å². The van der Waals surface area contributed by atoms with Gasteiger partial charge in [-0.05, 0) is 21.5 Å². The summed E-state index contributed by atoms with van der Waals surface area (Å²) in [4.78, 5) is 19.1. The van der Waals surface area contributed by atoms with Gasteiger partial charge in [-0.15, -0.1) is 11.3 Å². The standard InChI is InChI=1S/C13H11BrN2O2S/c14-12-15-10-6-16(7-11(10)19-12)13(17)18-8-9-4-2-1-3-5-9/h1-5H,6-8H2. The van der Waals surface area contributed by atoms with Crippen LogP contribution in [0.3, 0.4) is 0 Å². The summed E-state index contributed by atoms with van der Waals surface area (Å²) in [5.74, 6) is 0. The van der Waals surface area contributed by atoms with E-state index in [-0.39, 0.29) is 6.09 Å². The normalized spacial score (nSPS) is 13.4. The number of rotatable bonds is 2. The van der Waals surface area contributed by atoms with Crippen molar-refractivity contribution in [3.8, 4) is 0 Å². The fourth-order valence-electron chi connectivity index (χ4n) is 1.95. The number of aromatic nitrogens is 1. The second-order valence-corrected chi connectivity index (χ2v) is 6.59. The Morgan fingerprint density at radius 3 is 2.89 bits per heavy atom. The molecule has 0 fully saturated rings. The van der Waals surface area contributed by atoms with E-state index >= 15 is 0 Å². The zero-order valence-electron chi connectivity index (χ0n) is 10.0. The Morgan fingerprint density at radius 1 is 1.37 bits per heavy atom. The van der Waals surface area contributed by atoms with Crippen molar-refractivity contribution in [2.24, 2.45) is 0 Å². The Labute approximate surface area is 123 Å². The van der Waals surface area contributed by atoms with E-state index in [1.807, 2.05) is 30.3 Å². The van der Waals surface area contributed by atoms with Crippen molar-refractivity contribution in [2.45, 2.75) is 19.7 Å². The number of carbonyl (C=O) groups excluding carboxylic acids is 1. The molecule has 2 aromatic rings. The van der Waals surface area contributed by atoms with Crippen LogP contribution in [0.25, 0.3) is 0 Å². The van der Waals surface area contributed by atoms with Crippen LogP contribution in [-0.2, 0) is 24.4 Å². The molecule has 98 valence electrons. The summed E-state index contributed by atoms with van der Waals surface area (Å²) in [6.45, 7) is 1.43. The van der Waals surface area contributed by atoms with Crippen molar-refractivity contribution in [2.75, 3.05) is 0 Å². The van der Waals surface area contributed by atoms with E-state index in [4.69, 9.17) is 4.74 Å². The van der Waals surface area contributed by atoms with Gasteiger partial charge in [-0.1, -0.05) is 30.3 Å². The van der Waals surface area contributed by atoms with E-state index in [9.17, 15) is 4.79 Å². The summed E-state index contributed by atoms with van der Waals surface area (Å²) in [5.41, 5.74) is 1.96. The highest BCUT2D eigenvalue weighted by Crippen LogP contribution is 2.31. The molecule has 0 radical (unpaired) electrons. The van der Waals surface area contributed by atoms with E-state index in [1.165, 1.54) is 0 Å². The molecule has 0 saturated heterocycles. The molecule has 1 aromatic carbocycles. The van der Waals surface area contributed by atoms with Gasteiger partial charge in [0.15, 0.2) is 3.92 Å². The summed E-state index contributed by atoms with van der Waals surface area (Å²) >= 11 is 4.92. The Kier molecular flexibility index (Phi) is 3.52. The Morgan fingerprint density at radius 2 is 2.16 bits per heavy atom.